The highest BCUT2D eigenvalue weighted by Gasteiger charge is 2.09. The highest BCUT2D eigenvalue weighted by atomic mass is 14.1. The fraction of sp³-hybridized carbons (Fsp3) is 0.100. The van der Waals surface area contributed by atoms with Crippen molar-refractivity contribution in [1.29, 1.82) is 0 Å². The summed E-state index contributed by atoms with van der Waals surface area (Å²) in [6, 6.07) is 22.0. The molecular formula is C20H16. The van der Waals surface area contributed by atoms with Gasteiger partial charge in [-0.05, 0) is 57.3 Å². The molecule has 0 heteroatoms. The summed E-state index contributed by atoms with van der Waals surface area (Å²) in [6.45, 7) is 4.44. The first-order chi connectivity index (χ1) is 9.75. The molecule has 0 aliphatic carbocycles. The lowest BCUT2D eigenvalue weighted by Crippen LogP contribution is -1.88. The van der Waals surface area contributed by atoms with Crippen LogP contribution in [0.4, 0.5) is 0 Å². The average molecular weight is 256 g/mol. The molecule has 0 radical (unpaired) electrons. The highest BCUT2D eigenvalue weighted by Crippen LogP contribution is 2.36. The molecule has 0 atom stereocenters. The Balaban J connectivity index is 2.44. The van der Waals surface area contributed by atoms with E-state index in [1.165, 1.54) is 43.4 Å². The predicted molar refractivity (Wildman–Crippen MR) is 88.4 cm³/mol. The lowest BCUT2D eigenvalue weighted by Gasteiger charge is -2.13. The first kappa shape index (κ1) is 11.5. The smallest absolute Gasteiger partial charge is 0.00215 e. The summed E-state index contributed by atoms with van der Waals surface area (Å²) < 4.78 is 0. The molecule has 0 saturated carbocycles. The van der Waals surface area contributed by atoms with Crippen LogP contribution in [0.15, 0.2) is 60.7 Å². The second-order valence-electron chi connectivity index (χ2n) is 5.58. The molecule has 4 aromatic carbocycles. The van der Waals surface area contributed by atoms with E-state index in [0.29, 0.717) is 0 Å². The van der Waals surface area contributed by atoms with Crippen LogP contribution >= 0.6 is 0 Å². The number of aryl methyl sites for hydroxylation is 2. The Labute approximate surface area is 118 Å². The lowest BCUT2D eigenvalue weighted by atomic mass is 9.91. The average Bonchev–Trinajstić information content (AvgIpc) is 2.46. The molecule has 0 bridgehead atoms. The second-order valence-corrected chi connectivity index (χ2v) is 5.58. The summed E-state index contributed by atoms with van der Waals surface area (Å²) in [4.78, 5) is 0. The van der Waals surface area contributed by atoms with Crippen molar-refractivity contribution in [2.45, 2.75) is 13.8 Å². The van der Waals surface area contributed by atoms with E-state index >= 15 is 0 Å². The van der Waals surface area contributed by atoms with E-state index in [1.807, 2.05) is 0 Å². The van der Waals surface area contributed by atoms with Gasteiger partial charge in [0.2, 0.25) is 0 Å². The van der Waals surface area contributed by atoms with Gasteiger partial charge in [0, 0.05) is 0 Å². The molecule has 0 spiro atoms. The molecule has 0 nitrogen and oxygen atoms in total. The van der Waals surface area contributed by atoms with Crippen molar-refractivity contribution in [3.05, 3.63) is 71.8 Å². The van der Waals surface area contributed by atoms with Gasteiger partial charge >= 0.3 is 0 Å². The summed E-state index contributed by atoms with van der Waals surface area (Å²) in [5.41, 5.74) is 2.73. The van der Waals surface area contributed by atoms with E-state index in [9.17, 15) is 0 Å². The maximum absolute atomic E-state index is 2.30. The molecule has 96 valence electrons. The molecule has 0 aliphatic heterocycles. The molecule has 4 rings (SSSR count). The molecule has 0 aromatic heterocycles. The first-order valence-corrected chi connectivity index (χ1v) is 7.06. The number of benzene rings is 4. The molecule has 0 fully saturated rings. The fourth-order valence-electron chi connectivity index (χ4n) is 3.43. The third-order valence-electron chi connectivity index (χ3n) is 4.24. The van der Waals surface area contributed by atoms with Gasteiger partial charge in [0.25, 0.3) is 0 Å². The second kappa shape index (κ2) is 4.08. The molecule has 0 aliphatic rings. The quantitative estimate of drug-likeness (QED) is 0.351. The lowest BCUT2D eigenvalue weighted by molar-refractivity contribution is 1.49. The predicted octanol–water partition coefficient (Wildman–Crippen LogP) is 5.76. The molecule has 0 saturated heterocycles. The fourth-order valence-corrected chi connectivity index (χ4v) is 3.43. The Kier molecular flexibility index (Phi) is 2.34. The topological polar surface area (TPSA) is 0 Å². The normalized spacial score (nSPS) is 11.5. The van der Waals surface area contributed by atoms with E-state index in [0.717, 1.165) is 0 Å². The zero-order valence-electron chi connectivity index (χ0n) is 11.8. The van der Waals surface area contributed by atoms with Gasteiger partial charge in [-0.25, -0.2) is 0 Å². The minimum atomic E-state index is 1.33. The standard InChI is InChI=1S/C20H16/c1-13-11-15-7-3-5-9-17(15)20-18-10-6-4-8-16(18)12-14(2)19(13)20/h3-12H,1-2H3. The molecule has 20 heavy (non-hydrogen) atoms. The summed E-state index contributed by atoms with van der Waals surface area (Å²) in [5.74, 6) is 0. The number of hydrogen-bond acceptors (Lipinski definition) is 0. The largest absolute Gasteiger partial charge is 0.0616 e. The Hall–Kier alpha value is -2.34. The van der Waals surface area contributed by atoms with Crippen LogP contribution in [-0.4, -0.2) is 0 Å². The van der Waals surface area contributed by atoms with Crippen molar-refractivity contribution in [1.82, 2.24) is 0 Å². The van der Waals surface area contributed by atoms with E-state index < -0.39 is 0 Å². The third kappa shape index (κ3) is 1.48. The Morgan fingerprint density at radius 2 is 1.00 bits per heavy atom. The molecular weight excluding hydrogens is 240 g/mol. The van der Waals surface area contributed by atoms with Crippen LogP contribution in [0.1, 0.15) is 11.1 Å². The number of rotatable bonds is 0. The number of fused-ring (bicyclic) bond motifs is 5. The van der Waals surface area contributed by atoms with E-state index in [-0.39, 0.29) is 0 Å². The molecule has 0 amide bonds. The van der Waals surface area contributed by atoms with Crippen LogP contribution in [-0.2, 0) is 0 Å². The maximum Gasteiger partial charge on any atom is -0.00215 e. The van der Waals surface area contributed by atoms with Crippen molar-refractivity contribution >= 4 is 32.3 Å². The van der Waals surface area contributed by atoms with Crippen molar-refractivity contribution in [3.8, 4) is 0 Å². The zero-order chi connectivity index (χ0) is 13.7. The summed E-state index contributed by atoms with van der Waals surface area (Å²) in [6.07, 6.45) is 0. The van der Waals surface area contributed by atoms with Gasteiger partial charge in [-0.1, -0.05) is 60.7 Å². The minimum Gasteiger partial charge on any atom is -0.0616 e. The van der Waals surface area contributed by atoms with Gasteiger partial charge in [0.1, 0.15) is 0 Å². The summed E-state index contributed by atoms with van der Waals surface area (Å²) in [7, 11) is 0. The maximum atomic E-state index is 2.30. The van der Waals surface area contributed by atoms with E-state index in [4.69, 9.17) is 0 Å². The minimum absolute atomic E-state index is 1.33. The van der Waals surface area contributed by atoms with Gasteiger partial charge in [-0.2, -0.15) is 0 Å². The van der Waals surface area contributed by atoms with Crippen molar-refractivity contribution in [3.63, 3.8) is 0 Å². The van der Waals surface area contributed by atoms with Crippen molar-refractivity contribution in [2.24, 2.45) is 0 Å². The van der Waals surface area contributed by atoms with Crippen LogP contribution < -0.4 is 0 Å². The van der Waals surface area contributed by atoms with Crippen LogP contribution in [0.2, 0.25) is 0 Å². The van der Waals surface area contributed by atoms with E-state index in [2.05, 4.69) is 74.5 Å². The van der Waals surface area contributed by atoms with Crippen LogP contribution in [0, 0.1) is 13.8 Å². The number of hydrogen-bond donors (Lipinski definition) is 0. The molecule has 4 aromatic rings. The van der Waals surface area contributed by atoms with E-state index in [1.54, 1.807) is 0 Å². The SMILES string of the molecule is Cc1cc2ccccc2c2c1c(C)cc1ccccc12. The van der Waals surface area contributed by atoms with Crippen LogP contribution in [0.5, 0.6) is 0 Å². The van der Waals surface area contributed by atoms with Gasteiger partial charge in [-0.3, -0.25) is 0 Å². The van der Waals surface area contributed by atoms with Crippen molar-refractivity contribution < 1.29 is 0 Å². The third-order valence-corrected chi connectivity index (χ3v) is 4.24. The monoisotopic (exact) mass is 256 g/mol. The van der Waals surface area contributed by atoms with Gasteiger partial charge in [0.05, 0.1) is 0 Å². The molecule has 0 N–H and O–H groups in total. The van der Waals surface area contributed by atoms with Crippen molar-refractivity contribution in [2.75, 3.05) is 0 Å². The van der Waals surface area contributed by atoms with Gasteiger partial charge in [-0.15, -0.1) is 0 Å². The summed E-state index contributed by atoms with van der Waals surface area (Å²) >= 11 is 0. The Morgan fingerprint density at radius 3 is 1.50 bits per heavy atom. The van der Waals surface area contributed by atoms with Gasteiger partial charge < -0.3 is 0 Å². The Morgan fingerprint density at radius 1 is 0.550 bits per heavy atom. The summed E-state index contributed by atoms with van der Waals surface area (Å²) in [5, 5.41) is 8.17. The Bertz CT molecular complexity index is 885. The van der Waals surface area contributed by atoms with Gasteiger partial charge in [0.15, 0.2) is 0 Å². The van der Waals surface area contributed by atoms with Crippen LogP contribution in [0.25, 0.3) is 32.3 Å². The molecule has 0 heterocycles. The zero-order valence-corrected chi connectivity index (χ0v) is 11.8. The highest BCUT2D eigenvalue weighted by molar-refractivity contribution is 6.22. The molecule has 0 unspecified atom stereocenters. The van der Waals surface area contributed by atoms with Crippen LogP contribution in [0.3, 0.4) is 0 Å². The first-order valence-electron chi connectivity index (χ1n) is 7.06.